The van der Waals surface area contributed by atoms with Gasteiger partial charge in [-0.25, -0.2) is 19.2 Å². The lowest BCUT2D eigenvalue weighted by molar-refractivity contribution is 0.601. The summed E-state index contributed by atoms with van der Waals surface area (Å²) in [6, 6.07) is 9.78. The van der Waals surface area contributed by atoms with E-state index in [1.54, 1.807) is 12.1 Å². The Morgan fingerprint density at radius 2 is 1.84 bits per heavy atom. The number of nitrogen functional groups attached to an aromatic ring is 1. The minimum atomic E-state index is -3.65. The summed E-state index contributed by atoms with van der Waals surface area (Å²) >= 11 is 2.15. The Kier molecular flexibility index (Phi) is 4.22. The van der Waals surface area contributed by atoms with Crippen molar-refractivity contribution < 1.29 is 8.42 Å². The normalized spacial score (nSPS) is 11.1. The number of hydrazine groups is 1. The molecule has 4 N–H and O–H groups in total. The van der Waals surface area contributed by atoms with Crippen molar-refractivity contribution in [2.45, 2.75) is 4.90 Å². The quantitative estimate of drug-likeness (QED) is 0.420. The van der Waals surface area contributed by atoms with Gasteiger partial charge in [0.15, 0.2) is 0 Å². The van der Waals surface area contributed by atoms with Gasteiger partial charge in [-0.1, -0.05) is 0 Å². The number of halogens is 1. The van der Waals surface area contributed by atoms with Crippen molar-refractivity contribution >= 4 is 44.1 Å². The second-order valence-electron chi connectivity index (χ2n) is 3.63. The molecule has 0 aliphatic rings. The number of nitrogens with two attached hydrogens (primary N) is 1. The van der Waals surface area contributed by atoms with Crippen LogP contribution in [0.3, 0.4) is 0 Å². The molecule has 0 saturated heterocycles. The van der Waals surface area contributed by atoms with Crippen LogP contribution in [0.5, 0.6) is 0 Å². The Morgan fingerprint density at radius 3 is 2.47 bits per heavy atom. The molecular formula is C11H11IN4O2S. The van der Waals surface area contributed by atoms with Crippen LogP contribution in [-0.2, 0) is 10.0 Å². The van der Waals surface area contributed by atoms with Crippen LogP contribution in [-0.4, -0.2) is 13.4 Å². The zero-order valence-corrected chi connectivity index (χ0v) is 12.6. The molecule has 8 heteroatoms. The topological polar surface area (TPSA) is 97.1 Å². The van der Waals surface area contributed by atoms with E-state index in [2.05, 4.69) is 37.7 Å². The van der Waals surface area contributed by atoms with E-state index in [0.29, 0.717) is 5.69 Å². The predicted octanol–water partition coefficient (Wildman–Crippen LogP) is 1.77. The van der Waals surface area contributed by atoms with Crippen molar-refractivity contribution in [1.82, 2.24) is 4.98 Å². The standard InChI is InChI=1S/C11H11IN4O2S/c12-8-1-3-9(4-2-8)16-19(17,18)10-5-6-14-11(7-10)15-13/h1-7,16H,13H2,(H,14,15). The Morgan fingerprint density at radius 1 is 1.16 bits per heavy atom. The van der Waals surface area contributed by atoms with Crippen LogP contribution in [0, 0.1) is 3.57 Å². The third-order valence-corrected chi connectivity index (χ3v) is 4.38. The van der Waals surface area contributed by atoms with Gasteiger partial charge in [-0.05, 0) is 52.9 Å². The Bertz CT molecular complexity index is 673. The van der Waals surface area contributed by atoms with Crippen LogP contribution in [0.15, 0.2) is 47.5 Å². The number of hydrogen-bond acceptors (Lipinski definition) is 5. The third-order valence-electron chi connectivity index (χ3n) is 2.29. The molecule has 0 fully saturated rings. The van der Waals surface area contributed by atoms with E-state index in [1.807, 2.05) is 12.1 Å². The fourth-order valence-corrected chi connectivity index (χ4v) is 2.82. The Labute approximate surface area is 124 Å². The Balaban J connectivity index is 2.29. The number of sulfonamides is 1. The van der Waals surface area contributed by atoms with Gasteiger partial charge in [0.05, 0.1) is 4.90 Å². The summed E-state index contributed by atoms with van der Waals surface area (Å²) in [5.41, 5.74) is 2.81. The smallest absolute Gasteiger partial charge is 0.262 e. The van der Waals surface area contributed by atoms with Gasteiger partial charge in [-0.2, -0.15) is 0 Å². The van der Waals surface area contributed by atoms with E-state index in [4.69, 9.17) is 5.84 Å². The highest BCUT2D eigenvalue weighted by Gasteiger charge is 2.14. The molecule has 0 spiro atoms. The van der Waals surface area contributed by atoms with Gasteiger partial charge in [0.1, 0.15) is 5.82 Å². The van der Waals surface area contributed by atoms with Crippen molar-refractivity contribution in [3.63, 3.8) is 0 Å². The predicted molar refractivity (Wildman–Crippen MR) is 82.0 cm³/mol. The highest BCUT2D eigenvalue weighted by Crippen LogP contribution is 2.18. The van der Waals surface area contributed by atoms with E-state index >= 15 is 0 Å². The molecule has 0 atom stereocenters. The molecule has 6 nitrogen and oxygen atoms in total. The van der Waals surface area contributed by atoms with Crippen molar-refractivity contribution in [1.29, 1.82) is 0 Å². The molecule has 2 rings (SSSR count). The Hall–Kier alpha value is -1.39. The van der Waals surface area contributed by atoms with Crippen LogP contribution in [0.1, 0.15) is 0 Å². The number of pyridine rings is 1. The summed E-state index contributed by atoms with van der Waals surface area (Å²) < 4.78 is 27.8. The average molecular weight is 390 g/mol. The van der Waals surface area contributed by atoms with E-state index < -0.39 is 10.0 Å². The van der Waals surface area contributed by atoms with Gasteiger partial charge >= 0.3 is 0 Å². The maximum Gasteiger partial charge on any atom is 0.262 e. The van der Waals surface area contributed by atoms with Gasteiger partial charge in [0.25, 0.3) is 10.0 Å². The summed E-state index contributed by atoms with van der Waals surface area (Å²) in [5, 5.41) is 0. The van der Waals surface area contributed by atoms with Crippen LogP contribution >= 0.6 is 22.6 Å². The van der Waals surface area contributed by atoms with E-state index in [0.717, 1.165) is 3.57 Å². The molecule has 1 aromatic heterocycles. The molecule has 0 saturated carbocycles. The van der Waals surface area contributed by atoms with Crippen LogP contribution < -0.4 is 16.0 Å². The molecular weight excluding hydrogens is 379 g/mol. The molecule has 2 aromatic rings. The maximum atomic E-state index is 12.1. The summed E-state index contributed by atoms with van der Waals surface area (Å²) in [6.45, 7) is 0. The highest BCUT2D eigenvalue weighted by molar-refractivity contribution is 14.1. The van der Waals surface area contributed by atoms with E-state index in [-0.39, 0.29) is 10.7 Å². The van der Waals surface area contributed by atoms with E-state index in [9.17, 15) is 8.42 Å². The maximum absolute atomic E-state index is 12.1. The number of anilines is 2. The molecule has 1 heterocycles. The first-order valence-electron chi connectivity index (χ1n) is 5.22. The zero-order chi connectivity index (χ0) is 13.9. The number of benzene rings is 1. The largest absolute Gasteiger partial charge is 0.308 e. The summed E-state index contributed by atoms with van der Waals surface area (Å²) in [5.74, 6) is 5.49. The fourth-order valence-electron chi connectivity index (χ4n) is 1.39. The molecule has 0 amide bonds. The molecule has 0 aliphatic heterocycles. The van der Waals surface area contributed by atoms with Gasteiger partial charge in [-0.15, -0.1) is 0 Å². The number of nitrogens with zero attached hydrogens (tertiary/aromatic N) is 1. The zero-order valence-electron chi connectivity index (χ0n) is 9.67. The van der Waals surface area contributed by atoms with Crippen molar-refractivity contribution in [2.75, 3.05) is 10.1 Å². The monoisotopic (exact) mass is 390 g/mol. The highest BCUT2D eigenvalue weighted by atomic mass is 127. The van der Waals surface area contributed by atoms with E-state index in [1.165, 1.54) is 18.3 Å². The van der Waals surface area contributed by atoms with Gasteiger partial charge in [-0.3, -0.25) is 4.72 Å². The number of nitrogens with one attached hydrogen (secondary N) is 2. The van der Waals surface area contributed by atoms with Gasteiger partial charge < -0.3 is 5.43 Å². The van der Waals surface area contributed by atoms with Crippen LogP contribution in [0.25, 0.3) is 0 Å². The minimum Gasteiger partial charge on any atom is -0.308 e. The molecule has 0 unspecified atom stereocenters. The number of rotatable bonds is 4. The molecule has 0 aliphatic carbocycles. The van der Waals surface area contributed by atoms with Crippen LogP contribution in [0.4, 0.5) is 11.5 Å². The SMILES string of the molecule is NNc1cc(S(=O)(=O)Nc2ccc(I)cc2)ccn1. The van der Waals surface area contributed by atoms with Crippen molar-refractivity contribution in [3.05, 3.63) is 46.2 Å². The van der Waals surface area contributed by atoms with Gasteiger partial charge in [0, 0.05) is 21.5 Å². The third kappa shape index (κ3) is 3.55. The first-order valence-corrected chi connectivity index (χ1v) is 7.78. The van der Waals surface area contributed by atoms with Crippen LogP contribution in [0.2, 0.25) is 0 Å². The number of aromatic nitrogens is 1. The first-order chi connectivity index (χ1) is 9.01. The lowest BCUT2D eigenvalue weighted by Gasteiger charge is -2.09. The molecule has 0 bridgehead atoms. The summed E-state index contributed by atoms with van der Waals surface area (Å²) in [6.07, 6.45) is 1.37. The number of hydrogen-bond donors (Lipinski definition) is 3. The summed E-state index contributed by atoms with van der Waals surface area (Å²) in [7, 11) is -3.65. The lowest BCUT2D eigenvalue weighted by Crippen LogP contribution is -2.14. The second kappa shape index (κ2) is 5.72. The first kappa shape index (κ1) is 14.0. The second-order valence-corrected chi connectivity index (χ2v) is 6.56. The molecule has 1 aromatic carbocycles. The van der Waals surface area contributed by atoms with Crippen molar-refractivity contribution in [2.24, 2.45) is 5.84 Å². The fraction of sp³-hybridized carbons (Fsp3) is 0. The summed E-state index contributed by atoms with van der Waals surface area (Å²) in [4.78, 5) is 3.95. The lowest BCUT2D eigenvalue weighted by atomic mass is 10.3. The average Bonchev–Trinajstić information content (AvgIpc) is 2.41. The molecule has 19 heavy (non-hydrogen) atoms. The van der Waals surface area contributed by atoms with Crippen molar-refractivity contribution in [3.8, 4) is 0 Å². The van der Waals surface area contributed by atoms with Gasteiger partial charge in [0.2, 0.25) is 0 Å². The molecule has 100 valence electrons. The minimum absolute atomic E-state index is 0.0917. The molecule has 0 radical (unpaired) electrons.